The number of aromatic amines is 1. The molecule has 3 N–H and O–H groups in total. The van der Waals surface area contributed by atoms with E-state index >= 15 is 0 Å². The second-order valence-electron chi connectivity index (χ2n) is 12.9. The van der Waals surface area contributed by atoms with Crippen molar-refractivity contribution in [1.29, 1.82) is 0 Å². The second-order valence-corrected chi connectivity index (χ2v) is 12.9. The molecule has 0 atom stereocenters. The van der Waals surface area contributed by atoms with E-state index in [1.807, 2.05) is 90.8 Å². The number of carbonyl (C=O) groups excluding carboxylic acids is 2. The van der Waals surface area contributed by atoms with Gasteiger partial charge in [0, 0.05) is 47.5 Å². The Morgan fingerprint density at radius 1 is 0.932 bits per heavy atom. The molecule has 3 amide bonds. The number of nitrogens with zero attached hydrogens (tertiary/aromatic N) is 3. The third kappa shape index (κ3) is 6.39. The molecule has 0 radical (unpaired) electrons. The standard InChI is InChI=1S/C36H40N6O2/c1-24-9-13-29(14-10-24)42-33(23-32(40-42)36(2,3)4)39-35(44)38-30-8-6-5-7-27(30)21-25-16-19-41(20-17-25)34(43)28-12-11-26-15-18-37-31(26)22-28/h5-15,18,22-23,25,37H,16-17,19-21H2,1-4H3,(H2,38,39,44). The van der Waals surface area contributed by atoms with Crippen LogP contribution in [0.2, 0.25) is 0 Å². The van der Waals surface area contributed by atoms with Gasteiger partial charge in [-0.25, -0.2) is 9.48 Å². The molecule has 0 saturated carbocycles. The molecule has 1 fully saturated rings. The van der Waals surface area contributed by atoms with E-state index in [2.05, 4.69) is 42.5 Å². The first-order valence-electron chi connectivity index (χ1n) is 15.3. The Hall–Kier alpha value is -4.85. The van der Waals surface area contributed by atoms with Crippen LogP contribution in [0.15, 0.2) is 85.1 Å². The normalized spacial score (nSPS) is 14.1. The molecule has 226 valence electrons. The average molecular weight is 589 g/mol. The lowest BCUT2D eigenvalue weighted by atomic mass is 9.89. The van der Waals surface area contributed by atoms with Crippen LogP contribution in [0, 0.1) is 12.8 Å². The number of aryl methyl sites for hydroxylation is 1. The minimum atomic E-state index is -0.314. The molecule has 0 unspecified atom stereocenters. The zero-order valence-electron chi connectivity index (χ0n) is 25.9. The lowest BCUT2D eigenvalue weighted by Crippen LogP contribution is -2.39. The molecule has 1 aliphatic heterocycles. The number of benzene rings is 3. The SMILES string of the molecule is Cc1ccc(-n2nc(C(C)(C)C)cc2NC(=O)Nc2ccccc2CC2CCN(C(=O)c3ccc4cc[nH]c4c3)CC2)cc1. The van der Waals surface area contributed by atoms with Gasteiger partial charge < -0.3 is 15.2 Å². The first kappa shape index (κ1) is 29.2. The first-order chi connectivity index (χ1) is 21.1. The van der Waals surface area contributed by atoms with Crippen LogP contribution in [0.1, 0.15) is 60.8 Å². The maximum Gasteiger partial charge on any atom is 0.324 e. The Bertz CT molecular complexity index is 1790. The number of rotatable bonds is 6. The zero-order chi connectivity index (χ0) is 30.8. The Labute approximate surface area is 258 Å². The highest BCUT2D eigenvalue weighted by atomic mass is 16.2. The van der Waals surface area contributed by atoms with Gasteiger partial charge in [0.2, 0.25) is 0 Å². The monoisotopic (exact) mass is 588 g/mol. The summed E-state index contributed by atoms with van der Waals surface area (Å²) in [6.07, 6.45) is 4.57. The maximum atomic E-state index is 13.3. The topological polar surface area (TPSA) is 95.1 Å². The number of hydrogen-bond acceptors (Lipinski definition) is 3. The lowest BCUT2D eigenvalue weighted by Gasteiger charge is -2.32. The van der Waals surface area contributed by atoms with Crippen molar-refractivity contribution in [2.45, 2.75) is 52.4 Å². The fraction of sp³-hybridized carbons (Fsp3) is 0.306. The van der Waals surface area contributed by atoms with Crippen LogP contribution in [-0.4, -0.2) is 44.7 Å². The maximum absolute atomic E-state index is 13.3. The van der Waals surface area contributed by atoms with E-state index in [4.69, 9.17) is 5.10 Å². The van der Waals surface area contributed by atoms with E-state index in [-0.39, 0.29) is 17.4 Å². The molecule has 1 saturated heterocycles. The van der Waals surface area contributed by atoms with E-state index in [0.29, 0.717) is 11.7 Å². The van der Waals surface area contributed by atoms with Crippen LogP contribution >= 0.6 is 0 Å². The van der Waals surface area contributed by atoms with Gasteiger partial charge in [0.25, 0.3) is 5.91 Å². The van der Waals surface area contributed by atoms with Crippen molar-refractivity contribution in [3.63, 3.8) is 0 Å². The number of aromatic nitrogens is 3. The van der Waals surface area contributed by atoms with Crippen molar-refractivity contribution in [2.24, 2.45) is 5.92 Å². The van der Waals surface area contributed by atoms with Crippen molar-refractivity contribution >= 4 is 34.3 Å². The smallest absolute Gasteiger partial charge is 0.324 e. The second kappa shape index (κ2) is 12.0. The molecule has 5 aromatic rings. The summed E-state index contributed by atoms with van der Waals surface area (Å²) >= 11 is 0. The number of nitrogens with one attached hydrogen (secondary N) is 3. The van der Waals surface area contributed by atoms with Crippen molar-refractivity contribution in [1.82, 2.24) is 19.7 Å². The highest BCUT2D eigenvalue weighted by Crippen LogP contribution is 2.29. The predicted molar refractivity (Wildman–Crippen MR) is 177 cm³/mol. The number of urea groups is 1. The number of likely N-dealkylation sites (tertiary alicyclic amines) is 1. The molecule has 8 nitrogen and oxygen atoms in total. The van der Waals surface area contributed by atoms with Crippen LogP contribution < -0.4 is 10.6 Å². The number of fused-ring (bicyclic) bond motifs is 1. The highest BCUT2D eigenvalue weighted by molar-refractivity contribution is 6.00. The van der Waals surface area contributed by atoms with Crippen molar-refractivity contribution in [3.05, 3.63) is 107 Å². The van der Waals surface area contributed by atoms with E-state index in [9.17, 15) is 9.59 Å². The minimum Gasteiger partial charge on any atom is -0.361 e. The summed E-state index contributed by atoms with van der Waals surface area (Å²) in [5, 5.41) is 12.1. The van der Waals surface area contributed by atoms with Gasteiger partial charge in [-0.3, -0.25) is 10.1 Å². The molecule has 3 aromatic carbocycles. The fourth-order valence-corrected chi connectivity index (χ4v) is 5.82. The largest absolute Gasteiger partial charge is 0.361 e. The third-order valence-electron chi connectivity index (χ3n) is 8.48. The molecule has 6 rings (SSSR count). The van der Waals surface area contributed by atoms with Crippen molar-refractivity contribution in [2.75, 3.05) is 23.7 Å². The summed E-state index contributed by atoms with van der Waals surface area (Å²) in [7, 11) is 0. The molecule has 3 heterocycles. The van der Waals surface area contributed by atoms with Gasteiger partial charge in [-0.15, -0.1) is 0 Å². The number of carbonyl (C=O) groups is 2. The van der Waals surface area contributed by atoms with Gasteiger partial charge in [0.15, 0.2) is 0 Å². The molecule has 0 spiro atoms. The van der Waals surface area contributed by atoms with Crippen LogP contribution in [0.4, 0.5) is 16.3 Å². The zero-order valence-corrected chi connectivity index (χ0v) is 25.9. The van der Waals surface area contributed by atoms with Crippen LogP contribution in [0.25, 0.3) is 16.6 Å². The molecular formula is C36H40N6O2. The minimum absolute atomic E-state index is 0.0817. The molecule has 0 aliphatic carbocycles. The summed E-state index contributed by atoms with van der Waals surface area (Å²) in [5.41, 5.74) is 6.34. The van der Waals surface area contributed by atoms with Crippen LogP contribution in [0.3, 0.4) is 0 Å². The summed E-state index contributed by atoms with van der Waals surface area (Å²) in [4.78, 5) is 31.7. The van der Waals surface area contributed by atoms with E-state index in [0.717, 1.165) is 77.0 Å². The number of H-pyrrole nitrogens is 1. The van der Waals surface area contributed by atoms with Gasteiger partial charge in [-0.2, -0.15) is 5.10 Å². The van der Waals surface area contributed by atoms with Gasteiger partial charge in [-0.05, 0) is 79.5 Å². The van der Waals surface area contributed by atoms with Gasteiger partial charge in [0.05, 0.1) is 11.4 Å². The van der Waals surface area contributed by atoms with Crippen molar-refractivity contribution in [3.8, 4) is 5.69 Å². The van der Waals surface area contributed by atoms with Crippen molar-refractivity contribution < 1.29 is 9.59 Å². The Morgan fingerprint density at radius 3 is 2.43 bits per heavy atom. The highest BCUT2D eigenvalue weighted by Gasteiger charge is 2.25. The summed E-state index contributed by atoms with van der Waals surface area (Å²) in [5.74, 6) is 1.12. The van der Waals surface area contributed by atoms with Gasteiger partial charge in [0.1, 0.15) is 5.82 Å². The predicted octanol–water partition coefficient (Wildman–Crippen LogP) is 7.70. The van der Waals surface area contributed by atoms with Crippen LogP contribution in [0.5, 0.6) is 0 Å². The number of piperidine rings is 1. The van der Waals surface area contributed by atoms with Gasteiger partial charge >= 0.3 is 6.03 Å². The Balaban J connectivity index is 1.10. The summed E-state index contributed by atoms with van der Waals surface area (Å²) in [6.45, 7) is 9.82. The van der Waals surface area contributed by atoms with Gasteiger partial charge in [-0.1, -0.05) is 62.7 Å². The van der Waals surface area contributed by atoms with E-state index in [1.165, 1.54) is 0 Å². The number of hydrogen-bond donors (Lipinski definition) is 3. The lowest BCUT2D eigenvalue weighted by molar-refractivity contribution is 0.0690. The summed E-state index contributed by atoms with van der Waals surface area (Å²) < 4.78 is 1.79. The average Bonchev–Trinajstić information content (AvgIpc) is 3.66. The summed E-state index contributed by atoms with van der Waals surface area (Å²) in [6, 6.07) is 25.5. The molecule has 44 heavy (non-hydrogen) atoms. The molecule has 8 heteroatoms. The van der Waals surface area contributed by atoms with E-state index < -0.39 is 0 Å². The van der Waals surface area contributed by atoms with E-state index in [1.54, 1.807) is 4.68 Å². The third-order valence-corrected chi connectivity index (χ3v) is 8.48. The number of amides is 3. The molecule has 1 aliphatic rings. The number of para-hydroxylation sites is 1. The quantitative estimate of drug-likeness (QED) is 0.190. The fourth-order valence-electron chi connectivity index (χ4n) is 5.82. The first-order valence-corrected chi connectivity index (χ1v) is 15.3. The molecule has 0 bridgehead atoms. The number of anilines is 2. The Kier molecular flexibility index (Phi) is 7.99. The molecule has 2 aromatic heterocycles. The molecular weight excluding hydrogens is 548 g/mol. The Morgan fingerprint density at radius 2 is 1.68 bits per heavy atom. The van der Waals surface area contributed by atoms with Crippen LogP contribution in [-0.2, 0) is 11.8 Å².